The molecule has 0 saturated carbocycles. The predicted octanol–water partition coefficient (Wildman–Crippen LogP) is 2.92. The van der Waals surface area contributed by atoms with Gasteiger partial charge in [-0.1, -0.05) is 11.8 Å². The molecule has 0 aliphatic heterocycles. The van der Waals surface area contributed by atoms with Gasteiger partial charge in [0.15, 0.2) is 0 Å². The molecule has 0 bridgehead atoms. The normalized spacial score (nSPS) is 9.46. The minimum absolute atomic E-state index is 0.133. The number of thiocyanates is 1. The summed E-state index contributed by atoms with van der Waals surface area (Å²) in [5.74, 6) is 0. The third-order valence-electron chi connectivity index (χ3n) is 1.12. The van der Waals surface area contributed by atoms with E-state index in [1.54, 1.807) is 5.38 Å². The predicted molar refractivity (Wildman–Crippen MR) is 54.9 cm³/mol. The van der Waals surface area contributed by atoms with Crippen molar-refractivity contribution in [3.8, 4) is 5.40 Å². The van der Waals surface area contributed by atoms with Crippen molar-refractivity contribution in [2.24, 2.45) is 0 Å². The summed E-state index contributed by atoms with van der Waals surface area (Å²) in [5.41, 5.74) is 0.133. The molecular weight excluding hydrogens is 228 g/mol. The number of nitro groups is 1. The summed E-state index contributed by atoms with van der Waals surface area (Å²) >= 11 is 3.73. The lowest BCUT2D eigenvalue weighted by Gasteiger charge is -1.92. The quantitative estimate of drug-likeness (QED) is 0.199. The maximum atomic E-state index is 10.4. The van der Waals surface area contributed by atoms with Gasteiger partial charge in [-0.15, -0.1) is 11.3 Å². The molecule has 0 aliphatic rings. The van der Waals surface area contributed by atoms with Gasteiger partial charge in [0.2, 0.25) is 0 Å². The highest BCUT2D eigenvalue weighted by Gasteiger charge is 2.14. The summed E-state index contributed by atoms with van der Waals surface area (Å²) in [4.78, 5) is 10.0. The van der Waals surface area contributed by atoms with Gasteiger partial charge in [-0.2, -0.15) is 5.26 Å². The van der Waals surface area contributed by atoms with E-state index in [0.29, 0.717) is 9.29 Å². The Morgan fingerprint density at radius 1 is 1.77 bits per heavy atom. The summed E-state index contributed by atoms with van der Waals surface area (Å²) in [6.45, 7) is 0. The maximum Gasteiger partial charge on any atom is 0.293 e. The lowest BCUT2D eigenvalue weighted by atomic mass is 10.6. The Bertz CT molecular complexity index is 344. The van der Waals surface area contributed by atoms with Crippen LogP contribution < -0.4 is 0 Å². The summed E-state index contributed by atoms with van der Waals surface area (Å²) < 4.78 is 0.660. The van der Waals surface area contributed by atoms with Crippen LogP contribution in [0.5, 0.6) is 0 Å². The molecule has 0 spiro atoms. The third kappa shape index (κ3) is 2.91. The molecule has 0 unspecified atom stereocenters. The van der Waals surface area contributed by atoms with Crippen LogP contribution in [0.3, 0.4) is 0 Å². The zero-order valence-electron chi connectivity index (χ0n) is 6.30. The monoisotopic (exact) mass is 232 g/mol. The van der Waals surface area contributed by atoms with Crippen molar-refractivity contribution in [3.63, 3.8) is 0 Å². The highest BCUT2D eigenvalue weighted by atomic mass is 32.2. The molecule has 0 saturated heterocycles. The molecule has 0 N–H and O–H groups in total. The first-order valence-electron chi connectivity index (χ1n) is 3.11. The van der Waals surface area contributed by atoms with E-state index < -0.39 is 4.92 Å². The highest BCUT2D eigenvalue weighted by Crippen LogP contribution is 2.35. The average Bonchev–Trinajstić information content (AvgIpc) is 2.53. The number of hydrogen-bond donors (Lipinski definition) is 0. The molecule has 68 valence electrons. The van der Waals surface area contributed by atoms with Crippen LogP contribution in [0.2, 0.25) is 0 Å². The maximum absolute atomic E-state index is 10.4. The zero-order valence-corrected chi connectivity index (χ0v) is 8.75. The van der Waals surface area contributed by atoms with E-state index in [1.165, 1.54) is 29.2 Å². The van der Waals surface area contributed by atoms with Crippen LogP contribution in [0.4, 0.5) is 5.69 Å². The number of hydrogen-bond acceptors (Lipinski definition) is 6. The van der Waals surface area contributed by atoms with Crippen LogP contribution >= 0.6 is 34.9 Å². The van der Waals surface area contributed by atoms with E-state index in [1.807, 2.05) is 5.40 Å². The highest BCUT2D eigenvalue weighted by molar-refractivity contribution is 8.18. The van der Waals surface area contributed by atoms with Gasteiger partial charge in [0.1, 0.15) is 9.61 Å². The number of nitrogens with zero attached hydrogens (tertiary/aromatic N) is 2. The van der Waals surface area contributed by atoms with Crippen LogP contribution in [0.1, 0.15) is 0 Å². The molecule has 7 heteroatoms. The van der Waals surface area contributed by atoms with Gasteiger partial charge >= 0.3 is 0 Å². The number of rotatable bonds is 4. The average molecular weight is 232 g/mol. The lowest BCUT2D eigenvalue weighted by molar-refractivity contribution is -0.387. The molecule has 0 amide bonds. The van der Waals surface area contributed by atoms with Gasteiger partial charge in [-0.05, 0) is 17.1 Å². The Labute approximate surface area is 87.1 Å². The molecular formula is C6H4N2O2S3. The molecule has 1 heterocycles. The van der Waals surface area contributed by atoms with Crippen LogP contribution in [-0.2, 0) is 0 Å². The third-order valence-corrected chi connectivity index (χ3v) is 4.00. The van der Waals surface area contributed by atoms with Crippen molar-refractivity contribution in [2.75, 3.05) is 5.08 Å². The van der Waals surface area contributed by atoms with Crippen molar-refractivity contribution in [2.45, 2.75) is 4.21 Å². The lowest BCUT2D eigenvalue weighted by Crippen LogP contribution is -1.85. The van der Waals surface area contributed by atoms with Gasteiger partial charge in [-0.3, -0.25) is 10.1 Å². The second-order valence-electron chi connectivity index (χ2n) is 1.85. The van der Waals surface area contributed by atoms with Crippen LogP contribution in [-0.4, -0.2) is 10.0 Å². The smallest absolute Gasteiger partial charge is 0.258 e. The van der Waals surface area contributed by atoms with Gasteiger partial charge in [0.25, 0.3) is 5.69 Å². The Morgan fingerprint density at radius 2 is 2.54 bits per heavy atom. The minimum Gasteiger partial charge on any atom is -0.258 e. The minimum atomic E-state index is -0.407. The molecule has 1 rings (SSSR count). The molecule has 0 atom stereocenters. The number of thioether (sulfide) groups is 2. The largest absolute Gasteiger partial charge is 0.293 e. The number of nitriles is 1. The first kappa shape index (κ1) is 10.4. The van der Waals surface area contributed by atoms with E-state index in [9.17, 15) is 10.1 Å². The van der Waals surface area contributed by atoms with Crippen molar-refractivity contribution in [1.29, 1.82) is 5.26 Å². The molecule has 1 aromatic rings. The van der Waals surface area contributed by atoms with Gasteiger partial charge < -0.3 is 0 Å². The first-order chi connectivity index (χ1) is 6.25. The first-order valence-corrected chi connectivity index (χ1v) is 5.96. The fraction of sp³-hybridized carbons (Fsp3) is 0.167. The summed E-state index contributed by atoms with van der Waals surface area (Å²) in [7, 11) is 0. The standard InChI is InChI=1S/C6H4N2O2S3/c7-3-11-4-13-6-5(8(9)10)1-2-12-6/h1-2H,4H2. The van der Waals surface area contributed by atoms with Crippen molar-refractivity contribution in [1.82, 2.24) is 0 Å². The van der Waals surface area contributed by atoms with Gasteiger partial charge in [-0.25, -0.2) is 0 Å². The van der Waals surface area contributed by atoms with E-state index >= 15 is 0 Å². The second kappa shape index (κ2) is 5.11. The molecule has 0 aromatic carbocycles. The molecule has 4 nitrogen and oxygen atoms in total. The fourth-order valence-corrected chi connectivity index (χ4v) is 3.26. The zero-order chi connectivity index (χ0) is 9.68. The van der Waals surface area contributed by atoms with Crippen molar-refractivity contribution in [3.05, 3.63) is 21.6 Å². The number of thiophene rings is 1. The topological polar surface area (TPSA) is 66.9 Å². The van der Waals surface area contributed by atoms with Gasteiger partial charge in [0, 0.05) is 6.07 Å². The van der Waals surface area contributed by atoms with E-state index in [4.69, 9.17) is 5.26 Å². The van der Waals surface area contributed by atoms with Crippen molar-refractivity contribution >= 4 is 40.5 Å². The van der Waals surface area contributed by atoms with E-state index in [2.05, 4.69) is 0 Å². The van der Waals surface area contributed by atoms with Gasteiger partial charge in [0.05, 0.1) is 10.0 Å². The van der Waals surface area contributed by atoms with Crippen LogP contribution in [0.15, 0.2) is 15.7 Å². The van der Waals surface area contributed by atoms with E-state index in [-0.39, 0.29) is 5.69 Å². The summed E-state index contributed by atoms with van der Waals surface area (Å²) in [6.07, 6.45) is 0. The summed E-state index contributed by atoms with van der Waals surface area (Å²) in [6, 6.07) is 1.48. The Kier molecular flexibility index (Phi) is 4.08. The molecule has 0 fully saturated rings. The van der Waals surface area contributed by atoms with Crippen LogP contribution in [0.25, 0.3) is 0 Å². The summed E-state index contributed by atoms with van der Waals surface area (Å²) in [5, 5.41) is 22.8. The molecule has 0 radical (unpaired) electrons. The van der Waals surface area contributed by atoms with E-state index in [0.717, 1.165) is 11.8 Å². The molecule has 13 heavy (non-hydrogen) atoms. The second-order valence-corrected chi connectivity index (χ2v) is 5.13. The molecule has 1 aromatic heterocycles. The SMILES string of the molecule is N#CSCSc1sccc1[N+](=O)[O-]. The fourth-order valence-electron chi connectivity index (χ4n) is 0.641. The van der Waals surface area contributed by atoms with Crippen LogP contribution in [0, 0.1) is 20.8 Å². The Morgan fingerprint density at radius 3 is 3.15 bits per heavy atom. The molecule has 0 aliphatic carbocycles. The Hall–Kier alpha value is -0.710. The Balaban J connectivity index is 2.61. The van der Waals surface area contributed by atoms with Crippen molar-refractivity contribution < 1.29 is 4.92 Å².